The summed E-state index contributed by atoms with van der Waals surface area (Å²) in [6, 6.07) is 7.31. The molecule has 1 saturated heterocycles. The zero-order chi connectivity index (χ0) is 17.9. The average molecular weight is 345 g/mol. The van der Waals surface area contributed by atoms with E-state index in [2.05, 4.69) is 0 Å². The number of aliphatic hydroxyl groups excluding tert-OH is 1. The van der Waals surface area contributed by atoms with Gasteiger partial charge >= 0.3 is 6.18 Å². The third-order valence-corrected chi connectivity index (χ3v) is 4.28. The van der Waals surface area contributed by atoms with E-state index in [0.717, 1.165) is 5.56 Å². The number of ether oxygens (including phenoxy) is 1. The molecule has 0 bridgehead atoms. The number of aliphatic hydroxyl groups is 1. The number of nitrogens with zero attached hydrogens (tertiary/aromatic N) is 1. The van der Waals surface area contributed by atoms with Gasteiger partial charge in [0.15, 0.2) is 12.2 Å². The molecule has 0 aliphatic carbocycles. The highest BCUT2D eigenvalue weighted by atomic mass is 19.4. The molecule has 24 heavy (non-hydrogen) atoms. The highest BCUT2D eigenvalue weighted by molar-refractivity contribution is 5.81. The summed E-state index contributed by atoms with van der Waals surface area (Å²) in [6.07, 6.45) is -7.39. The number of rotatable bonds is 4. The van der Waals surface area contributed by atoms with Crippen LogP contribution in [0.15, 0.2) is 24.3 Å². The number of amides is 1. The van der Waals surface area contributed by atoms with Gasteiger partial charge in [0.2, 0.25) is 0 Å². The minimum Gasteiger partial charge on any atom is -0.481 e. The molecule has 1 aromatic rings. The molecule has 2 unspecified atom stereocenters. The van der Waals surface area contributed by atoms with Crippen LogP contribution < -0.4 is 4.74 Å². The SMILES string of the molecule is Cc1cccc(OC(C)C(=O)N2CCC(C(O)C(F)(F)F)CC2)c1. The predicted octanol–water partition coefficient (Wildman–Crippen LogP) is 2.92. The van der Waals surface area contributed by atoms with Gasteiger partial charge in [-0.1, -0.05) is 12.1 Å². The Balaban J connectivity index is 1.88. The number of aryl methyl sites for hydroxylation is 1. The molecular formula is C17H22F3NO3. The Hall–Kier alpha value is -1.76. The van der Waals surface area contributed by atoms with Crippen molar-refractivity contribution in [2.75, 3.05) is 13.1 Å². The highest BCUT2D eigenvalue weighted by Crippen LogP contribution is 2.31. The lowest BCUT2D eigenvalue weighted by Gasteiger charge is -2.35. The number of hydrogen-bond donors (Lipinski definition) is 1. The lowest BCUT2D eigenvalue weighted by Crippen LogP contribution is -2.48. The fourth-order valence-electron chi connectivity index (χ4n) is 2.90. The molecule has 1 heterocycles. The molecule has 0 spiro atoms. The van der Waals surface area contributed by atoms with Crippen LogP contribution in [0.3, 0.4) is 0 Å². The summed E-state index contributed by atoms with van der Waals surface area (Å²) in [5.74, 6) is -0.531. The van der Waals surface area contributed by atoms with Gasteiger partial charge < -0.3 is 14.7 Å². The monoisotopic (exact) mass is 345 g/mol. The molecule has 0 saturated carbocycles. The van der Waals surface area contributed by atoms with Crippen LogP contribution in [0.5, 0.6) is 5.75 Å². The van der Waals surface area contributed by atoms with Crippen molar-refractivity contribution in [2.45, 2.75) is 45.1 Å². The molecule has 134 valence electrons. The van der Waals surface area contributed by atoms with Crippen molar-refractivity contribution < 1.29 is 27.8 Å². The second kappa shape index (κ2) is 7.42. The van der Waals surface area contributed by atoms with Crippen molar-refractivity contribution in [3.05, 3.63) is 29.8 Å². The Morgan fingerprint density at radius 2 is 1.96 bits per heavy atom. The van der Waals surface area contributed by atoms with E-state index in [1.807, 2.05) is 25.1 Å². The van der Waals surface area contributed by atoms with Gasteiger partial charge in [0.05, 0.1) is 0 Å². The van der Waals surface area contributed by atoms with Crippen molar-refractivity contribution in [3.63, 3.8) is 0 Å². The number of carbonyl (C=O) groups excluding carboxylic acids is 1. The molecule has 4 nitrogen and oxygen atoms in total. The Labute approximate surface area is 139 Å². The van der Waals surface area contributed by atoms with Gasteiger partial charge in [-0.05, 0) is 50.3 Å². The maximum absolute atomic E-state index is 12.5. The van der Waals surface area contributed by atoms with Gasteiger partial charge in [-0.15, -0.1) is 0 Å². The van der Waals surface area contributed by atoms with Crippen LogP contribution in [-0.2, 0) is 4.79 Å². The van der Waals surface area contributed by atoms with Crippen molar-refractivity contribution in [3.8, 4) is 5.75 Å². The molecule has 1 amide bonds. The summed E-state index contributed by atoms with van der Waals surface area (Å²) in [7, 11) is 0. The summed E-state index contributed by atoms with van der Waals surface area (Å²) >= 11 is 0. The van der Waals surface area contributed by atoms with Gasteiger partial charge in [0.1, 0.15) is 5.75 Å². The first-order valence-electron chi connectivity index (χ1n) is 7.95. The van der Waals surface area contributed by atoms with Crippen molar-refractivity contribution in [1.29, 1.82) is 0 Å². The fraction of sp³-hybridized carbons (Fsp3) is 0.588. The number of halogens is 3. The molecule has 1 N–H and O–H groups in total. The minimum absolute atomic E-state index is 0.129. The van der Waals surface area contributed by atoms with E-state index in [-0.39, 0.29) is 31.8 Å². The Morgan fingerprint density at radius 1 is 1.33 bits per heavy atom. The zero-order valence-electron chi connectivity index (χ0n) is 13.7. The second-order valence-corrected chi connectivity index (χ2v) is 6.23. The van der Waals surface area contributed by atoms with Crippen LogP contribution in [0.2, 0.25) is 0 Å². The predicted molar refractivity (Wildman–Crippen MR) is 82.6 cm³/mol. The van der Waals surface area contributed by atoms with Gasteiger partial charge in [0, 0.05) is 13.1 Å². The Bertz CT molecular complexity index is 568. The number of piperidine rings is 1. The van der Waals surface area contributed by atoms with E-state index in [0.29, 0.717) is 5.75 Å². The van der Waals surface area contributed by atoms with Gasteiger partial charge in [-0.3, -0.25) is 4.79 Å². The largest absolute Gasteiger partial charge is 0.481 e. The number of benzene rings is 1. The van der Waals surface area contributed by atoms with Gasteiger partial charge in [-0.25, -0.2) is 0 Å². The third-order valence-electron chi connectivity index (χ3n) is 4.28. The third kappa shape index (κ3) is 4.63. The number of alkyl halides is 3. The van der Waals surface area contributed by atoms with Crippen LogP contribution >= 0.6 is 0 Å². The standard InChI is InChI=1S/C17H22F3NO3/c1-11-4-3-5-14(10-11)24-12(2)16(23)21-8-6-13(7-9-21)15(22)17(18,19)20/h3-5,10,12-13,15,22H,6-9H2,1-2H3. The summed E-state index contributed by atoms with van der Waals surface area (Å²) in [5, 5.41) is 9.31. The van der Waals surface area contributed by atoms with Crippen LogP contribution in [0, 0.1) is 12.8 Å². The van der Waals surface area contributed by atoms with E-state index in [9.17, 15) is 23.1 Å². The molecule has 0 radical (unpaired) electrons. The Kier molecular flexibility index (Phi) is 5.74. The van der Waals surface area contributed by atoms with Crippen molar-refractivity contribution in [2.24, 2.45) is 5.92 Å². The number of hydrogen-bond acceptors (Lipinski definition) is 3. The quantitative estimate of drug-likeness (QED) is 0.913. The molecule has 1 aliphatic rings. The first-order chi connectivity index (χ1) is 11.2. The number of carbonyl (C=O) groups is 1. The van der Waals surface area contributed by atoms with Crippen LogP contribution in [0.4, 0.5) is 13.2 Å². The zero-order valence-corrected chi connectivity index (χ0v) is 13.7. The summed E-state index contributed by atoms with van der Waals surface area (Å²) in [4.78, 5) is 13.9. The minimum atomic E-state index is -4.61. The maximum atomic E-state index is 12.5. The highest BCUT2D eigenvalue weighted by Gasteiger charge is 2.44. The first-order valence-corrected chi connectivity index (χ1v) is 7.95. The second-order valence-electron chi connectivity index (χ2n) is 6.23. The van der Waals surface area contributed by atoms with Crippen molar-refractivity contribution in [1.82, 2.24) is 4.90 Å². The van der Waals surface area contributed by atoms with Crippen LogP contribution in [0.25, 0.3) is 0 Å². The molecular weight excluding hydrogens is 323 g/mol. The summed E-state index contributed by atoms with van der Waals surface area (Å²) in [6.45, 7) is 3.92. The first kappa shape index (κ1) is 18.6. The normalized spacial score (nSPS) is 19.0. The molecule has 1 aromatic carbocycles. The summed E-state index contributed by atoms with van der Waals surface area (Å²) < 4.78 is 43.2. The average Bonchev–Trinajstić information content (AvgIpc) is 2.52. The maximum Gasteiger partial charge on any atom is 0.414 e. The van der Waals surface area contributed by atoms with E-state index >= 15 is 0 Å². The smallest absolute Gasteiger partial charge is 0.414 e. The van der Waals surface area contributed by atoms with Gasteiger partial charge in [-0.2, -0.15) is 13.2 Å². The van der Waals surface area contributed by atoms with E-state index in [4.69, 9.17) is 4.74 Å². The molecule has 2 rings (SSSR count). The van der Waals surface area contributed by atoms with Crippen LogP contribution in [-0.4, -0.2) is 47.4 Å². The molecule has 2 atom stereocenters. The number of likely N-dealkylation sites (tertiary alicyclic amines) is 1. The molecule has 0 aromatic heterocycles. The Morgan fingerprint density at radius 3 is 2.50 bits per heavy atom. The lowest BCUT2D eigenvalue weighted by molar-refractivity contribution is -0.223. The van der Waals surface area contributed by atoms with E-state index in [1.54, 1.807) is 13.0 Å². The lowest BCUT2D eigenvalue weighted by atomic mass is 9.90. The molecule has 1 aliphatic heterocycles. The van der Waals surface area contributed by atoms with Gasteiger partial charge in [0.25, 0.3) is 5.91 Å². The van der Waals surface area contributed by atoms with Crippen molar-refractivity contribution >= 4 is 5.91 Å². The van der Waals surface area contributed by atoms with E-state index in [1.165, 1.54) is 4.90 Å². The van der Waals surface area contributed by atoms with E-state index < -0.39 is 24.3 Å². The molecule has 1 fully saturated rings. The fourth-order valence-corrected chi connectivity index (χ4v) is 2.90. The topological polar surface area (TPSA) is 49.8 Å². The molecule has 7 heteroatoms. The van der Waals surface area contributed by atoms with Crippen LogP contribution in [0.1, 0.15) is 25.3 Å². The summed E-state index contributed by atoms with van der Waals surface area (Å²) in [5.41, 5.74) is 1.01.